The van der Waals surface area contributed by atoms with Crippen LogP contribution < -0.4 is 0 Å². The molecule has 2 aromatic rings. The molecule has 1 fully saturated rings. The maximum atomic E-state index is 9.59. The number of nitriles is 1. The van der Waals surface area contributed by atoms with Crippen LogP contribution in [0.2, 0.25) is 0 Å². The van der Waals surface area contributed by atoms with Gasteiger partial charge in [-0.2, -0.15) is 5.26 Å². The Bertz CT molecular complexity index is 693. The molecule has 0 saturated carbocycles. The van der Waals surface area contributed by atoms with Gasteiger partial charge in [0.2, 0.25) is 0 Å². The van der Waals surface area contributed by atoms with Gasteiger partial charge in [-0.15, -0.1) is 0 Å². The maximum absolute atomic E-state index is 9.59. The fourth-order valence-corrected chi connectivity index (χ4v) is 2.87. The smallest absolute Gasteiger partial charge is 0.131 e. The van der Waals surface area contributed by atoms with Crippen LogP contribution in [0.4, 0.5) is 0 Å². The van der Waals surface area contributed by atoms with Crippen LogP contribution in [0.5, 0.6) is 5.75 Å². The van der Waals surface area contributed by atoms with Gasteiger partial charge in [0.1, 0.15) is 5.75 Å². The van der Waals surface area contributed by atoms with Crippen LogP contribution >= 0.6 is 15.9 Å². The quantitative estimate of drug-likeness (QED) is 0.807. The molecule has 1 aliphatic rings. The van der Waals surface area contributed by atoms with E-state index in [4.69, 9.17) is 10.00 Å². The van der Waals surface area contributed by atoms with Gasteiger partial charge >= 0.3 is 0 Å². The number of hydrogen-bond acceptors (Lipinski definition) is 3. The zero-order valence-corrected chi connectivity index (χ0v) is 15.5. The lowest BCUT2D eigenvalue weighted by atomic mass is 9.99. The first-order valence-electron chi connectivity index (χ1n) is 8.21. The predicted octanol–water partition coefficient (Wildman–Crippen LogP) is 4.98. The van der Waals surface area contributed by atoms with Crippen molar-refractivity contribution in [3.05, 3.63) is 63.1 Å². The molecule has 0 spiro atoms. The summed E-state index contributed by atoms with van der Waals surface area (Å²) < 4.78 is 5.56. The SMILES string of the molecule is C1CCOC1.CCc1ccc(Cc2cc(Br)c(O)cc2C#N)cc1. The van der Waals surface area contributed by atoms with E-state index in [1.54, 1.807) is 0 Å². The van der Waals surface area contributed by atoms with Gasteiger partial charge in [0.05, 0.1) is 16.1 Å². The molecule has 0 unspecified atom stereocenters. The molecule has 3 rings (SSSR count). The summed E-state index contributed by atoms with van der Waals surface area (Å²) in [7, 11) is 0. The molecule has 1 N–H and O–H groups in total. The average molecular weight is 388 g/mol. The summed E-state index contributed by atoms with van der Waals surface area (Å²) in [6.07, 6.45) is 4.26. The Kier molecular flexibility index (Phi) is 7.30. The largest absolute Gasteiger partial charge is 0.507 e. The highest BCUT2D eigenvalue weighted by molar-refractivity contribution is 9.10. The summed E-state index contributed by atoms with van der Waals surface area (Å²) in [5.74, 6) is 0.0987. The fourth-order valence-electron chi connectivity index (χ4n) is 2.48. The third-order valence-electron chi connectivity index (χ3n) is 3.95. The molecule has 4 heteroatoms. The van der Waals surface area contributed by atoms with Gasteiger partial charge in [0.15, 0.2) is 0 Å². The van der Waals surface area contributed by atoms with E-state index in [1.165, 1.54) is 24.5 Å². The van der Waals surface area contributed by atoms with E-state index in [2.05, 4.69) is 53.2 Å². The summed E-state index contributed by atoms with van der Waals surface area (Å²) >= 11 is 3.29. The molecule has 1 heterocycles. The molecule has 126 valence electrons. The highest BCUT2D eigenvalue weighted by atomic mass is 79.9. The number of hydrogen-bond donors (Lipinski definition) is 1. The predicted molar refractivity (Wildman–Crippen MR) is 99.2 cm³/mol. The molecule has 3 nitrogen and oxygen atoms in total. The van der Waals surface area contributed by atoms with Crippen LogP contribution in [0, 0.1) is 11.3 Å². The van der Waals surface area contributed by atoms with Gasteiger partial charge in [-0.05, 0) is 70.4 Å². The Labute approximate surface area is 152 Å². The number of ether oxygens (including phenoxy) is 1. The number of rotatable bonds is 3. The molecule has 1 aliphatic heterocycles. The van der Waals surface area contributed by atoms with Crippen LogP contribution in [0.1, 0.15) is 42.0 Å². The van der Waals surface area contributed by atoms with Crippen molar-refractivity contribution >= 4 is 15.9 Å². The summed E-state index contributed by atoms with van der Waals surface area (Å²) in [6, 6.07) is 13.8. The van der Waals surface area contributed by atoms with E-state index in [9.17, 15) is 5.11 Å². The molecule has 24 heavy (non-hydrogen) atoms. The zero-order chi connectivity index (χ0) is 17.4. The second-order valence-electron chi connectivity index (χ2n) is 5.74. The van der Waals surface area contributed by atoms with Crippen LogP contribution in [-0.4, -0.2) is 18.3 Å². The number of phenolic OH excluding ortho intramolecular Hbond substituents is 1. The third kappa shape index (κ3) is 5.36. The Hall–Kier alpha value is -1.83. The van der Waals surface area contributed by atoms with Gasteiger partial charge in [-0.3, -0.25) is 0 Å². The van der Waals surface area contributed by atoms with Gasteiger partial charge in [-0.25, -0.2) is 0 Å². The normalized spacial score (nSPS) is 13.0. The first kappa shape index (κ1) is 18.5. The molecule has 0 amide bonds. The number of aromatic hydroxyl groups is 1. The number of phenols is 1. The Balaban J connectivity index is 0.000000355. The van der Waals surface area contributed by atoms with Crippen molar-refractivity contribution in [1.82, 2.24) is 0 Å². The molecule has 0 atom stereocenters. The monoisotopic (exact) mass is 387 g/mol. The Morgan fingerprint density at radius 2 is 1.75 bits per heavy atom. The standard InChI is InChI=1S/C16H14BrNO.C4H8O/c1-2-11-3-5-12(6-4-11)7-13-8-15(17)16(19)9-14(13)10-18;1-2-4-5-3-1/h3-6,8-9,19H,2,7H2,1H3;1-4H2. The summed E-state index contributed by atoms with van der Waals surface area (Å²) in [6.45, 7) is 4.12. The van der Waals surface area contributed by atoms with Gasteiger partial charge in [0, 0.05) is 13.2 Å². The Morgan fingerprint density at radius 1 is 1.12 bits per heavy atom. The number of benzene rings is 2. The van der Waals surface area contributed by atoms with Gasteiger partial charge in [-0.1, -0.05) is 31.2 Å². The summed E-state index contributed by atoms with van der Waals surface area (Å²) in [5.41, 5.74) is 3.89. The van der Waals surface area contributed by atoms with Crippen LogP contribution in [0.3, 0.4) is 0 Å². The lowest BCUT2D eigenvalue weighted by molar-refractivity contribution is 0.198. The van der Waals surface area contributed by atoms with Crippen LogP contribution in [0.25, 0.3) is 0 Å². The maximum Gasteiger partial charge on any atom is 0.131 e. The van der Waals surface area contributed by atoms with Crippen molar-refractivity contribution in [2.24, 2.45) is 0 Å². The van der Waals surface area contributed by atoms with Crippen molar-refractivity contribution < 1.29 is 9.84 Å². The van der Waals surface area contributed by atoms with Crippen molar-refractivity contribution in [2.75, 3.05) is 13.2 Å². The highest BCUT2D eigenvalue weighted by Crippen LogP contribution is 2.28. The molecular weight excluding hydrogens is 366 g/mol. The summed E-state index contributed by atoms with van der Waals surface area (Å²) in [5, 5.41) is 18.7. The van der Waals surface area contributed by atoms with E-state index in [0.29, 0.717) is 16.5 Å². The first-order valence-corrected chi connectivity index (χ1v) is 9.00. The third-order valence-corrected chi connectivity index (χ3v) is 4.58. The highest BCUT2D eigenvalue weighted by Gasteiger charge is 2.08. The summed E-state index contributed by atoms with van der Waals surface area (Å²) in [4.78, 5) is 0. The lowest BCUT2D eigenvalue weighted by Gasteiger charge is -2.07. The van der Waals surface area contributed by atoms with Gasteiger partial charge in [0.25, 0.3) is 0 Å². The van der Waals surface area contributed by atoms with E-state index < -0.39 is 0 Å². The molecule has 0 aliphatic carbocycles. The van der Waals surface area contributed by atoms with Crippen LogP contribution in [-0.2, 0) is 17.6 Å². The van der Waals surface area contributed by atoms with E-state index in [-0.39, 0.29) is 5.75 Å². The molecule has 2 aromatic carbocycles. The lowest BCUT2D eigenvalue weighted by Crippen LogP contribution is -1.93. The van der Waals surface area contributed by atoms with Crippen molar-refractivity contribution in [3.8, 4) is 11.8 Å². The van der Waals surface area contributed by atoms with E-state index in [1.807, 2.05) is 6.07 Å². The van der Waals surface area contributed by atoms with Crippen molar-refractivity contribution in [1.29, 1.82) is 5.26 Å². The second-order valence-corrected chi connectivity index (χ2v) is 6.59. The molecule has 0 radical (unpaired) electrons. The van der Waals surface area contributed by atoms with Crippen molar-refractivity contribution in [3.63, 3.8) is 0 Å². The minimum absolute atomic E-state index is 0.0987. The minimum Gasteiger partial charge on any atom is -0.507 e. The van der Waals surface area contributed by atoms with E-state index >= 15 is 0 Å². The zero-order valence-electron chi connectivity index (χ0n) is 13.9. The second kappa shape index (κ2) is 9.46. The molecule has 1 saturated heterocycles. The van der Waals surface area contributed by atoms with Gasteiger partial charge < -0.3 is 9.84 Å². The molecule has 0 bridgehead atoms. The number of halogens is 1. The molecule has 0 aromatic heterocycles. The number of aryl methyl sites for hydroxylation is 1. The van der Waals surface area contributed by atoms with Crippen molar-refractivity contribution in [2.45, 2.75) is 32.6 Å². The van der Waals surface area contributed by atoms with E-state index in [0.717, 1.165) is 30.8 Å². The first-order chi connectivity index (χ1) is 11.6. The topological polar surface area (TPSA) is 53.2 Å². The fraction of sp³-hybridized carbons (Fsp3) is 0.350. The Morgan fingerprint density at radius 3 is 2.25 bits per heavy atom. The number of nitrogens with zero attached hydrogens (tertiary/aromatic N) is 1. The molecular formula is C20H22BrNO2. The van der Waals surface area contributed by atoms with Crippen LogP contribution in [0.15, 0.2) is 40.9 Å². The average Bonchev–Trinajstić information content (AvgIpc) is 3.18. The minimum atomic E-state index is 0.0987.